The van der Waals surface area contributed by atoms with E-state index in [9.17, 15) is 24.9 Å². The second-order valence-electron chi connectivity index (χ2n) is 5.03. The lowest BCUT2D eigenvalue weighted by Crippen LogP contribution is -2.52. The Morgan fingerprint density at radius 1 is 1.30 bits per heavy atom. The molecule has 1 aliphatic rings. The van der Waals surface area contributed by atoms with Gasteiger partial charge in [-0.25, -0.2) is 9.69 Å². The molecule has 4 atom stereocenters. The van der Waals surface area contributed by atoms with Crippen LogP contribution in [0.3, 0.4) is 0 Å². The van der Waals surface area contributed by atoms with E-state index in [1.807, 2.05) is 0 Å². The van der Waals surface area contributed by atoms with Gasteiger partial charge in [0.05, 0.1) is 19.4 Å². The Bertz CT molecular complexity index is 594. The summed E-state index contributed by atoms with van der Waals surface area (Å²) in [6.45, 7) is -0.799. The number of nitrogens with one attached hydrogen (secondary N) is 1. The lowest BCUT2D eigenvalue weighted by atomic mass is 10.0. The van der Waals surface area contributed by atoms with Gasteiger partial charge in [0.1, 0.15) is 30.1 Å². The number of nitrogens with zero attached hydrogens (tertiary/aromatic N) is 1. The van der Waals surface area contributed by atoms with Gasteiger partial charge >= 0.3 is 6.03 Å². The van der Waals surface area contributed by atoms with Gasteiger partial charge in [-0.1, -0.05) is 6.07 Å². The molecule has 1 aliphatic heterocycles. The van der Waals surface area contributed by atoms with Crippen molar-refractivity contribution in [3.63, 3.8) is 0 Å². The smallest absolute Gasteiger partial charge is 0.329 e. The van der Waals surface area contributed by atoms with Gasteiger partial charge in [0.2, 0.25) is 0 Å². The third-order valence-corrected chi connectivity index (χ3v) is 3.55. The maximum Gasteiger partial charge on any atom is 0.329 e. The van der Waals surface area contributed by atoms with Crippen LogP contribution < -0.4 is 15.0 Å². The molecule has 1 aromatic carbocycles. The van der Waals surface area contributed by atoms with Gasteiger partial charge in [-0.15, -0.1) is 0 Å². The maximum atomic E-state index is 12.4. The Morgan fingerprint density at radius 2 is 2.00 bits per heavy atom. The molecule has 1 heterocycles. The van der Waals surface area contributed by atoms with Crippen molar-refractivity contribution in [2.45, 2.75) is 24.4 Å². The number of imide groups is 1. The van der Waals surface area contributed by atoms with Crippen LogP contribution in [-0.2, 0) is 4.79 Å². The molecule has 126 valence electrons. The lowest BCUT2D eigenvalue weighted by molar-refractivity contribution is -0.127. The fourth-order valence-electron chi connectivity index (χ4n) is 2.26. The van der Waals surface area contributed by atoms with Crippen molar-refractivity contribution < 1.29 is 34.8 Å². The van der Waals surface area contributed by atoms with Crippen LogP contribution in [0.5, 0.6) is 5.75 Å². The lowest BCUT2D eigenvalue weighted by Gasteiger charge is -2.24. The van der Waals surface area contributed by atoms with Crippen molar-refractivity contribution >= 4 is 17.6 Å². The van der Waals surface area contributed by atoms with Gasteiger partial charge < -0.3 is 30.5 Å². The molecule has 0 bridgehead atoms. The number of hydrogen-bond acceptors (Lipinski definition) is 7. The molecule has 0 aromatic heterocycles. The molecule has 9 heteroatoms. The summed E-state index contributed by atoms with van der Waals surface area (Å²) >= 11 is 0. The van der Waals surface area contributed by atoms with Gasteiger partial charge in [-0.2, -0.15) is 0 Å². The van der Waals surface area contributed by atoms with Gasteiger partial charge in [0, 0.05) is 6.07 Å². The van der Waals surface area contributed by atoms with Gasteiger partial charge in [0.25, 0.3) is 5.91 Å². The van der Waals surface area contributed by atoms with Crippen LogP contribution in [-0.4, -0.2) is 70.4 Å². The molecule has 1 aromatic rings. The second-order valence-corrected chi connectivity index (χ2v) is 5.03. The standard InChI is InChI=1S/C14H18N2O7/c1-23-8-4-2-3-7(5-8)16-13(21)10(15-14(16)22)12(20)11(19)9(18)6-17/h2-5,9-12,17-20H,6H2,1H3,(H,15,22)/t9-,10-,11-,12-/m1/s1. The van der Waals surface area contributed by atoms with Crippen molar-refractivity contribution in [1.29, 1.82) is 0 Å². The van der Waals surface area contributed by atoms with Crippen LogP contribution in [0.1, 0.15) is 0 Å². The number of carbonyl (C=O) groups is 2. The zero-order chi connectivity index (χ0) is 17.1. The first-order valence-corrected chi connectivity index (χ1v) is 6.84. The van der Waals surface area contributed by atoms with E-state index in [2.05, 4.69) is 5.32 Å². The maximum absolute atomic E-state index is 12.4. The van der Waals surface area contributed by atoms with Crippen molar-refractivity contribution in [1.82, 2.24) is 5.32 Å². The van der Waals surface area contributed by atoms with Crippen LogP contribution in [0.4, 0.5) is 10.5 Å². The number of amides is 3. The third-order valence-electron chi connectivity index (χ3n) is 3.55. The number of hydrogen-bond donors (Lipinski definition) is 5. The number of ether oxygens (including phenoxy) is 1. The first-order chi connectivity index (χ1) is 10.9. The van der Waals surface area contributed by atoms with Crippen LogP contribution in [0.15, 0.2) is 24.3 Å². The summed E-state index contributed by atoms with van der Waals surface area (Å²) in [7, 11) is 1.43. The summed E-state index contributed by atoms with van der Waals surface area (Å²) in [4.78, 5) is 25.2. The molecule has 1 saturated heterocycles. The van der Waals surface area contributed by atoms with E-state index in [0.29, 0.717) is 5.75 Å². The third kappa shape index (κ3) is 3.27. The van der Waals surface area contributed by atoms with E-state index >= 15 is 0 Å². The minimum atomic E-state index is -1.79. The van der Waals surface area contributed by atoms with E-state index < -0.39 is 42.9 Å². The van der Waals surface area contributed by atoms with E-state index in [0.717, 1.165) is 4.90 Å². The highest BCUT2D eigenvalue weighted by Gasteiger charge is 2.46. The van der Waals surface area contributed by atoms with E-state index in [-0.39, 0.29) is 5.69 Å². The number of anilines is 1. The average molecular weight is 326 g/mol. The Labute approximate surface area is 131 Å². The molecule has 0 saturated carbocycles. The molecule has 2 rings (SSSR count). The van der Waals surface area contributed by atoms with E-state index in [1.165, 1.54) is 19.2 Å². The number of urea groups is 1. The zero-order valence-corrected chi connectivity index (χ0v) is 12.3. The van der Waals surface area contributed by atoms with Crippen LogP contribution >= 0.6 is 0 Å². The van der Waals surface area contributed by atoms with E-state index in [4.69, 9.17) is 9.84 Å². The Kier molecular flexibility index (Phi) is 5.16. The summed E-state index contributed by atoms with van der Waals surface area (Å²) in [5.74, 6) is -0.359. The minimum Gasteiger partial charge on any atom is -0.497 e. The van der Waals surface area contributed by atoms with Gasteiger partial charge in [-0.3, -0.25) is 4.79 Å². The molecule has 0 radical (unpaired) electrons. The summed E-state index contributed by atoms with van der Waals surface area (Å²) < 4.78 is 5.02. The van der Waals surface area contributed by atoms with Crippen molar-refractivity contribution in [2.75, 3.05) is 18.6 Å². The monoisotopic (exact) mass is 326 g/mol. The van der Waals surface area contributed by atoms with Crippen LogP contribution in [0.2, 0.25) is 0 Å². The number of carbonyl (C=O) groups excluding carboxylic acids is 2. The van der Waals surface area contributed by atoms with E-state index in [1.54, 1.807) is 12.1 Å². The largest absolute Gasteiger partial charge is 0.497 e. The number of rotatable bonds is 6. The molecule has 9 nitrogen and oxygen atoms in total. The fourth-order valence-corrected chi connectivity index (χ4v) is 2.26. The molecular weight excluding hydrogens is 308 g/mol. The molecule has 0 aliphatic carbocycles. The number of aliphatic hydroxyl groups excluding tert-OH is 4. The minimum absolute atomic E-state index is 0.235. The van der Waals surface area contributed by atoms with Crippen molar-refractivity contribution in [3.8, 4) is 5.75 Å². The Hall–Kier alpha value is -2.20. The number of aliphatic hydroxyl groups is 4. The Morgan fingerprint density at radius 3 is 2.61 bits per heavy atom. The van der Waals surface area contributed by atoms with Gasteiger partial charge in [-0.05, 0) is 12.1 Å². The Balaban J connectivity index is 2.22. The number of methoxy groups -OCH3 is 1. The van der Waals surface area contributed by atoms with Crippen LogP contribution in [0, 0.1) is 0 Å². The first-order valence-electron chi connectivity index (χ1n) is 6.84. The molecule has 23 heavy (non-hydrogen) atoms. The van der Waals surface area contributed by atoms with Crippen molar-refractivity contribution in [2.24, 2.45) is 0 Å². The summed E-state index contributed by atoms with van der Waals surface area (Å²) in [6.07, 6.45) is -5.20. The molecule has 1 fully saturated rings. The highest BCUT2D eigenvalue weighted by atomic mass is 16.5. The normalized spacial score (nSPS) is 21.8. The highest BCUT2D eigenvalue weighted by Crippen LogP contribution is 2.25. The SMILES string of the molecule is COc1cccc(N2C(=O)N[C@H]([C@@H](O)[C@H](O)[C@H](O)CO)C2=O)c1. The van der Waals surface area contributed by atoms with Gasteiger partial charge in [0.15, 0.2) is 0 Å². The second kappa shape index (κ2) is 6.92. The van der Waals surface area contributed by atoms with Crippen molar-refractivity contribution in [3.05, 3.63) is 24.3 Å². The zero-order valence-electron chi connectivity index (χ0n) is 12.3. The first kappa shape index (κ1) is 17.2. The molecule has 0 unspecified atom stereocenters. The predicted octanol–water partition coefficient (Wildman–Crippen LogP) is -1.80. The molecule has 0 spiro atoms. The summed E-state index contributed by atoms with van der Waals surface area (Å²) in [5.41, 5.74) is 0.235. The van der Waals surface area contributed by atoms with Crippen LogP contribution in [0.25, 0.3) is 0 Å². The molecular formula is C14H18N2O7. The fraction of sp³-hybridized carbons (Fsp3) is 0.429. The highest BCUT2D eigenvalue weighted by molar-refractivity contribution is 6.21. The number of benzene rings is 1. The summed E-state index contributed by atoms with van der Waals surface area (Å²) in [6, 6.07) is 3.97. The molecule has 5 N–H and O–H groups in total. The quantitative estimate of drug-likeness (QED) is 0.388. The predicted molar refractivity (Wildman–Crippen MR) is 77.9 cm³/mol. The summed E-state index contributed by atoms with van der Waals surface area (Å²) in [5, 5.41) is 40.0. The average Bonchev–Trinajstić information content (AvgIpc) is 2.87. The molecule has 3 amide bonds. The topological polar surface area (TPSA) is 140 Å².